The van der Waals surface area contributed by atoms with E-state index >= 15 is 0 Å². The van der Waals surface area contributed by atoms with Crippen LogP contribution in [0.25, 0.3) is 0 Å². The number of rotatable bonds is 4. The largest absolute Gasteiger partial charge is 0.284 e. The third kappa shape index (κ3) is 21.7. The Bertz CT molecular complexity index is 111. The first-order valence-corrected chi connectivity index (χ1v) is 4.47. The van der Waals surface area contributed by atoms with Crippen molar-refractivity contribution < 1.29 is 8.97 Å². The van der Waals surface area contributed by atoms with Gasteiger partial charge in [0.25, 0.3) is 0 Å². The molecule has 0 bridgehead atoms. The lowest BCUT2D eigenvalue weighted by Crippen LogP contribution is -2.55. The number of nitrogens with zero attached hydrogens (tertiary/aromatic N) is 2. The fourth-order valence-corrected chi connectivity index (χ4v) is 1.45. The molecular weight excluding hydrogens is 208 g/mol. The molecule has 0 fully saturated rings. The predicted molar refractivity (Wildman–Crippen MR) is 90.6 cm³/mol. The molecule has 0 rings (SSSR count). The van der Waals surface area contributed by atoms with Crippen molar-refractivity contribution in [1.29, 1.82) is 0 Å². The van der Waals surface area contributed by atoms with Gasteiger partial charge >= 0.3 is 0 Å². The van der Waals surface area contributed by atoms with Gasteiger partial charge in [-0.3, -0.25) is 8.97 Å². The molecule has 0 aromatic rings. The fourth-order valence-electron chi connectivity index (χ4n) is 1.45. The Morgan fingerprint density at radius 3 is 0.882 bits per heavy atom. The van der Waals surface area contributed by atoms with Gasteiger partial charge in [-0.15, -0.1) is 0 Å². The summed E-state index contributed by atoms with van der Waals surface area (Å²) in [6, 6.07) is 0. The maximum Gasteiger partial charge on any atom is 0.206 e. The van der Waals surface area contributed by atoms with Crippen LogP contribution < -0.4 is 0 Å². The molecule has 0 saturated carbocycles. The normalized spacial score (nSPS) is 8.82. The highest BCUT2D eigenvalue weighted by Gasteiger charge is 2.24. The SMILES string of the molecule is C.C.C.C.C.C.CC[N+](C)(CC)C[N+](C)(C)C. The molecule has 0 aromatic heterocycles. The monoisotopic (exact) mass is 256 g/mol. The second-order valence-electron chi connectivity index (χ2n) is 4.68. The molecule has 0 aliphatic heterocycles. The van der Waals surface area contributed by atoms with Crippen LogP contribution in [0.2, 0.25) is 0 Å². The van der Waals surface area contributed by atoms with Crippen LogP contribution in [-0.2, 0) is 0 Å². The molecule has 2 heteroatoms. The fraction of sp³-hybridized carbons (Fsp3) is 1.00. The minimum atomic E-state index is 0. The average Bonchev–Trinajstić information content (AvgIpc) is 1.84. The van der Waals surface area contributed by atoms with Gasteiger partial charge in [0.1, 0.15) is 0 Å². The van der Waals surface area contributed by atoms with Crippen LogP contribution in [0.15, 0.2) is 0 Å². The Labute approximate surface area is 116 Å². The Morgan fingerprint density at radius 2 is 0.824 bits per heavy atom. The Kier molecular flexibility index (Phi) is 40.8. The first-order valence-electron chi connectivity index (χ1n) is 4.47. The van der Waals surface area contributed by atoms with Crippen molar-refractivity contribution in [2.45, 2.75) is 58.4 Å². The minimum absolute atomic E-state index is 0. The molecule has 17 heavy (non-hydrogen) atoms. The van der Waals surface area contributed by atoms with Crippen LogP contribution in [0.1, 0.15) is 58.4 Å². The molecule has 0 radical (unpaired) electrons. The standard InChI is InChI=1S/C9H24N2.6CH4/c1-7-11(6,8-2)9-10(3,4)5;;;;;;/h7-9H2,1-6H3;6*1H4/q+2;;;;;;. The first-order chi connectivity index (χ1) is 4.83. The van der Waals surface area contributed by atoms with Crippen LogP contribution in [-0.4, -0.2) is 56.9 Å². The Balaban J connectivity index is -0.0000000333. The van der Waals surface area contributed by atoms with E-state index in [1.807, 2.05) is 0 Å². The smallest absolute Gasteiger partial charge is 0.206 e. The molecule has 0 aromatic carbocycles. The van der Waals surface area contributed by atoms with Crippen LogP contribution in [0.4, 0.5) is 0 Å². The Hall–Kier alpha value is -0.0800. The van der Waals surface area contributed by atoms with E-state index in [2.05, 4.69) is 42.0 Å². The van der Waals surface area contributed by atoms with E-state index in [9.17, 15) is 0 Å². The van der Waals surface area contributed by atoms with Crippen molar-refractivity contribution >= 4 is 0 Å². The van der Waals surface area contributed by atoms with Crippen LogP contribution in [0, 0.1) is 0 Å². The van der Waals surface area contributed by atoms with Crippen LogP contribution >= 0.6 is 0 Å². The van der Waals surface area contributed by atoms with Crippen molar-refractivity contribution in [3.63, 3.8) is 0 Å². The zero-order valence-corrected chi connectivity index (χ0v) is 9.02. The van der Waals surface area contributed by atoms with Crippen LogP contribution in [0.3, 0.4) is 0 Å². The summed E-state index contributed by atoms with van der Waals surface area (Å²) in [4.78, 5) is 0. The second-order valence-corrected chi connectivity index (χ2v) is 4.68. The zero-order chi connectivity index (χ0) is 9.12. The zero-order valence-electron chi connectivity index (χ0n) is 9.02. The van der Waals surface area contributed by atoms with Gasteiger partial charge < -0.3 is 0 Å². The van der Waals surface area contributed by atoms with Crippen LogP contribution in [0.5, 0.6) is 0 Å². The lowest BCUT2D eigenvalue weighted by Gasteiger charge is -2.37. The highest BCUT2D eigenvalue weighted by atomic mass is 15.5. The molecule has 0 aliphatic carbocycles. The summed E-state index contributed by atoms with van der Waals surface area (Å²) in [5, 5.41) is 0. The highest BCUT2D eigenvalue weighted by molar-refractivity contribution is 4.23. The minimum Gasteiger partial charge on any atom is -0.284 e. The summed E-state index contributed by atoms with van der Waals surface area (Å²) in [7, 11) is 9.08. The number of quaternary nitrogens is 2. The Morgan fingerprint density at radius 1 is 0.588 bits per heavy atom. The van der Waals surface area contributed by atoms with Gasteiger partial charge in [0, 0.05) is 0 Å². The van der Waals surface area contributed by atoms with Gasteiger partial charge in [-0.2, -0.15) is 0 Å². The van der Waals surface area contributed by atoms with Gasteiger partial charge in [0.2, 0.25) is 6.67 Å². The molecule has 0 heterocycles. The summed E-state index contributed by atoms with van der Waals surface area (Å²) in [5.41, 5.74) is 0. The molecule has 0 aliphatic rings. The molecule has 0 amide bonds. The summed E-state index contributed by atoms with van der Waals surface area (Å²) in [6.07, 6.45) is 0. The van der Waals surface area contributed by atoms with E-state index < -0.39 is 0 Å². The molecule has 2 nitrogen and oxygen atoms in total. The van der Waals surface area contributed by atoms with E-state index in [-0.39, 0.29) is 44.6 Å². The predicted octanol–water partition coefficient (Wildman–Crippen LogP) is 4.95. The van der Waals surface area contributed by atoms with Crippen molar-refractivity contribution in [1.82, 2.24) is 0 Å². The van der Waals surface area contributed by atoms with Crippen molar-refractivity contribution in [3.05, 3.63) is 0 Å². The third-order valence-electron chi connectivity index (χ3n) is 2.29. The van der Waals surface area contributed by atoms with Crippen molar-refractivity contribution in [2.24, 2.45) is 0 Å². The molecule has 0 spiro atoms. The van der Waals surface area contributed by atoms with E-state index in [1.165, 1.54) is 24.2 Å². The van der Waals surface area contributed by atoms with Crippen molar-refractivity contribution in [3.8, 4) is 0 Å². The summed E-state index contributed by atoms with van der Waals surface area (Å²) < 4.78 is 2.22. The maximum atomic E-state index is 2.32. The lowest BCUT2D eigenvalue weighted by atomic mass is 10.4. The average molecular weight is 257 g/mol. The molecule has 0 saturated heterocycles. The van der Waals surface area contributed by atoms with E-state index in [1.54, 1.807) is 0 Å². The second kappa shape index (κ2) is 15.9. The number of hydrogen-bond acceptors (Lipinski definition) is 0. The summed E-state index contributed by atoms with van der Waals surface area (Å²) in [5.74, 6) is 0. The van der Waals surface area contributed by atoms with Gasteiger partial charge in [-0.05, 0) is 13.8 Å². The van der Waals surface area contributed by atoms with Gasteiger partial charge in [0.05, 0.1) is 41.3 Å². The molecule has 116 valence electrons. The first kappa shape index (κ1) is 43.6. The molecule has 0 atom stereocenters. The van der Waals surface area contributed by atoms with E-state index in [4.69, 9.17) is 0 Å². The van der Waals surface area contributed by atoms with Gasteiger partial charge in [-0.25, -0.2) is 0 Å². The van der Waals surface area contributed by atoms with Gasteiger partial charge in [-0.1, -0.05) is 44.6 Å². The maximum absolute atomic E-state index is 2.32. The molecular formula is C15H48N2+2. The third-order valence-corrected chi connectivity index (χ3v) is 2.29. The molecule has 0 unspecified atom stereocenters. The van der Waals surface area contributed by atoms with Crippen molar-refractivity contribution in [2.75, 3.05) is 47.9 Å². The van der Waals surface area contributed by atoms with E-state index in [0.717, 1.165) is 4.48 Å². The van der Waals surface area contributed by atoms with Gasteiger partial charge in [0.15, 0.2) is 0 Å². The van der Waals surface area contributed by atoms with E-state index in [0.29, 0.717) is 0 Å². The quantitative estimate of drug-likeness (QED) is 0.493. The number of hydrogen-bond donors (Lipinski definition) is 0. The summed E-state index contributed by atoms with van der Waals surface area (Å²) >= 11 is 0. The topological polar surface area (TPSA) is 0 Å². The molecule has 0 N–H and O–H groups in total. The summed E-state index contributed by atoms with van der Waals surface area (Å²) in [6.45, 7) is 8.20. The highest BCUT2D eigenvalue weighted by Crippen LogP contribution is 2.05. The lowest BCUT2D eigenvalue weighted by molar-refractivity contribution is -1.07.